The van der Waals surface area contributed by atoms with Crippen molar-refractivity contribution in [2.45, 2.75) is 20.8 Å². The Morgan fingerprint density at radius 1 is 1.03 bits per heavy atom. The van der Waals surface area contributed by atoms with Crippen LogP contribution < -0.4 is 5.43 Å². The second-order valence-corrected chi connectivity index (χ2v) is 7.43. The third-order valence-corrected chi connectivity index (χ3v) is 5.22. The molecule has 2 aromatic carbocycles. The minimum atomic E-state index is -0.344. The van der Waals surface area contributed by atoms with Crippen molar-refractivity contribution in [3.8, 4) is 11.4 Å². The number of tetrazole rings is 1. The number of nitrogens with one attached hydrogen (secondary N) is 1. The summed E-state index contributed by atoms with van der Waals surface area (Å²) < 4.78 is 8.59. The predicted octanol–water partition coefficient (Wildman–Crippen LogP) is 3.01. The van der Waals surface area contributed by atoms with Crippen molar-refractivity contribution in [1.82, 2.24) is 30.2 Å². The Kier molecular flexibility index (Phi) is 6.58. The smallest absolute Gasteiger partial charge is 0.338 e. The summed E-state index contributed by atoms with van der Waals surface area (Å²) in [5, 5.41) is 15.1. The van der Waals surface area contributed by atoms with Crippen LogP contribution >= 0.6 is 0 Å². The summed E-state index contributed by atoms with van der Waals surface area (Å²) in [6.07, 6.45) is 3.09. The Bertz CT molecular complexity index is 1320. The van der Waals surface area contributed by atoms with E-state index in [0.29, 0.717) is 17.7 Å². The number of ether oxygens (including phenoxy) is 1. The van der Waals surface area contributed by atoms with Gasteiger partial charge in [-0.25, -0.2) is 14.9 Å². The van der Waals surface area contributed by atoms with Gasteiger partial charge in [-0.1, -0.05) is 0 Å². The lowest BCUT2D eigenvalue weighted by Gasteiger charge is -2.10. The maximum absolute atomic E-state index is 12.4. The summed E-state index contributed by atoms with van der Waals surface area (Å²) in [5.74, 6) is -0.675. The molecule has 0 fully saturated rings. The van der Waals surface area contributed by atoms with E-state index in [-0.39, 0.29) is 11.9 Å². The number of aryl methyl sites for hydroxylation is 1. The van der Waals surface area contributed by atoms with Crippen LogP contribution in [-0.2, 0) is 4.74 Å². The van der Waals surface area contributed by atoms with Crippen molar-refractivity contribution in [3.63, 3.8) is 0 Å². The van der Waals surface area contributed by atoms with E-state index in [1.807, 2.05) is 32.0 Å². The van der Waals surface area contributed by atoms with Gasteiger partial charge < -0.3 is 9.30 Å². The van der Waals surface area contributed by atoms with E-state index in [2.05, 4.69) is 30.6 Å². The van der Waals surface area contributed by atoms with Gasteiger partial charge in [-0.15, -0.1) is 5.10 Å². The van der Waals surface area contributed by atoms with Crippen LogP contribution in [-0.4, -0.2) is 49.5 Å². The number of hydrogen-bond donors (Lipinski definition) is 1. The zero-order chi connectivity index (χ0) is 24.1. The molecular formula is C24H23N7O3. The van der Waals surface area contributed by atoms with E-state index < -0.39 is 0 Å². The van der Waals surface area contributed by atoms with E-state index in [9.17, 15) is 9.59 Å². The van der Waals surface area contributed by atoms with Crippen molar-refractivity contribution < 1.29 is 14.3 Å². The Morgan fingerprint density at radius 2 is 1.71 bits per heavy atom. The molecule has 2 heterocycles. The molecule has 0 spiro atoms. The first-order chi connectivity index (χ1) is 16.5. The summed E-state index contributed by atoms with van der Waals surface area (Å²) >= 11 is 0. The maximum atomic E-state index is 12.4. The fraction of sp³-hybridized carbons (Fsp3) is 0.167. The molecular weight excluding hydrogens is 434 g/mol. The number of hydrogen-bond acceptors (Lipinski definition) is 7. The molecule has 0 radical (unpaired) electrons. The number of carbonyl (C=O) groups excluding carboxylic acids is 2. The molecule has 1 N–H and O–H groups in total. The highest BCUT2D eigenvalue weighted by Gasteiger charge is 2.12. The molecule has 10 nitrogen and oxygen atoms in total. The largest absolute Gasteiger partial charge is 0.462 e. The van der Waals surface area contributed by atoms with Crippen LogP contribution in [0.3, 0.4) is 0 Å². The highest BCUT2D eigenvalue weighted by atomic mass is 16.5. The number of benzene rings is 2. The van der Waals surface area contributed by atoms with Gasteiger partial charge in [0.05, 0.1) is 24.1 Å². The molecule has 0 saturated carbocycles. The molecule has 0 aliphatic rings. The third kappa shape index (κ3) is 4.75. The quantitative estimate of drug-likeness (QED) is 0.259. The zero-order valence-electron chi connectivity index (χ0n) is 19.0. The van der Waals surface area contributed by atoms with Crippen LogP contribution in [0.15, 0.2) is 66.0 Å². The molecule has 1 amide bonds. The van der Waals surface area contributed by atoms with Gasteiger partial charge in [0.15, 0.2) is 0 Å². The van der Waals surface area contributed by atoms with Gasteiger partial charge in [0.25, 0.3) is 5.91 Å². The predicted molar refractivity (Wildman–Crippen MR) is 125 cm³/mol. The van der Waals surface area contributed by atoms with Gasteiger partial charge in [-0.3, -0.25) is 4.79 Å². The van der Waals surface area contributed by atoms with Gasteiger partial charge in [0.2, 0.25) is 0 Å². The van der Waals surface area contributed by atoms with Crippen LogP contribution in [0.1, 0.15) is 44.6 Å². The molecule has 0 unspecified atom stereocenters. The molecule has 4 rings (SSSR count). The monoisotopic (exact) mass is 457 g/mol. The number of amides is 1. The molecule has 10 heteroatoms. The van der Waals surface area contributed by atoms with Crippen molar-refractivity contribution in [3.05, 3.63) is 89.0 Å². The summed E-state index contributed by atoms with van der Waals surface area (Å²) in [4.78, 5) is 24.3. The van der Waals surface area contributed by atoms with Crippen LogP contribution in [0.25, 0.3) is 11.4 Å². The lowest BCUT2D eigenvalue weighted by molar-refractivity contribution is 0.0526. The van der Waals surface area contributed by atoms with Crippen molar-refractivity contribution in [2.75, 3.05) is 6.61 Å². The Hall–Kier alpha value is -4.60. The fourth-order valence-corrected chi connectivity index (χ4v) is 3.55. The Balaban J connectivity index is 1.44. The standard InChI is InChI=1S/C24H23N7O3/c1-4-34-24(33)19-7-11-22(12-8-19)31-16(2)13-20(17(31)3)14-25-27-23(32)18-5-9-21(10-6-18)30-15-26-28-29-30/h5-15H,4H2,1-3H3,(H,27,32)/b25-14+. The SMILES string of the molecule is CCOC(=O)c1ccc(-n2c(C)cc(/C=N/NC(=O)c3ccc(-n4cnnn4)cc3)c2C)cc1. The second-order valence-electron chi connectivity index (χ2n) is 7.43. The lowest BCUT2D eigenvalue weighted by Crippen LogP contribution is -2.17. The normalized spacial score (nSPS) is 11.0. The average Bonchev–Trinajstić information content (AvgIpc) is 3.48. The number of rotatable bonds is 7. The van der Waals surface area contributed by atoms with Crippen molar-refractivity contribution in [2.24, 2.45) is 5.10 Å². The Morgan fingerprint density at radius 3 is 2.35 bits per heavy atom. The number of carbonyl (C=O) groups is 2. The molecule has 0 aliphatic carbocycles. The van der Waals surface area contributed by atoms with E-state index in [1.165, 1.54) is 11.0 Å². The molecule has 172 valence electrons. The van der Waals surface area contributed by atoms with Crippen molar-refractivity contribution in [1.29, 1.82) is 0 Å². The first-order valence-electron chi connectivity index (χ1n) is 10.6. The minimum Gasteiger partial charge on any atom is -0.462 e. The molecule has 0 atom stereocenters. The summed E-state index contributed by atoms with van der Waals surface area (Å²) in [5.41, 5.74) is 7.97. The summed E-state index contributed by atoms with van der Waals surface area (Å²) in [6, 6.07) is 16.0. The summed E-state index contributed by atoms with van der Waals surface area (Å²) in [6.45, 7) is 6.06. The maximum Gasteiger partial charge on any atom is 0.338 e. The highest BCUT2D eigenvalue weighted by molar-refractivity contribution is 5.95. The van der Waals surface area contributed by atoms with Crippen LogP contribution in [0, 0.1) is 13.8 Å². The van der Waals surface area contributed by atoms with Gasteiger partial charge in [0.1, 0.15) is 6.33 Å². The fourth-order valence-electron chi connectivity index (χ4n) is 3.55. The molecule has 0 aliphatic heterocycles. The lowest BCUT2D eigenvalue weighted by atomic mass is 10.2. The first kappa shape index (κ1) is 22.6. The first-order valence-corrected chi connectivity index (χ1v) is 10.6. The van der Waals surface area contributed by atoms with Crippen molar-refractivity contribution >= 4 is 18.1 Å². The highest BCUT2D eigenvalue weighted by Crippen LogP contribution is 2.20. The van der Waals surface area contributed by atoms with E-state index in [0.717, 1.165) is 28.3 Å². The zero-order valence-corrected chi connectivity index (χ0v) is 19.0. The number of esters is 1. The van der Waals surface area contributed by atoms with E-state index in [1.54, 1.807) is 49.5 Å². The molecule has 2 aromatic heterocycles. The van der Waals surface area contributed by atoms with Crippen LogP contribution in [0.4, 0.5) is 0 Å². The van der Waals surface area contributed by atoms with E-state index >= 15 is 0 Å². The summed E-state index contributed by atoms with van der Waals surface area (Å²) in [7, 11) is 0. The molecule has 0 bridgehead atoms. The van der Waals surface area contributed by atoms with Gasteiger partial charge in [0, 0.05) is 28.2 Å². The van der Waals surface area contributed by atoms with Crippen LogP contribution in [0.2, 0.25) is 0 Å². The Labute approximate surface area is 195 Å². The third-order valence-electron chi connectivity index (χ3n) is 5.22. The van der Waals surface area contributed by atoms with Crippen LogP contribution in [0.5, 0.6) is 0 Å². The topological polar surface area (TPSA) is 116 Å². The number of aromatic nitrogens is 5. The molecule has 4 aromatic rings. The van der Waals surface area contributed by atoms with Gasteiger partial charge in [-0.2, -0.15) is 5.10 Å². The average molecular weight is 457 g/mol. The van der Waals surface area contributed by atoms with E-state index in [4.69, 9.17) is 4.74 Å². The number of nitrogens with zero attached hydrogens (tertiary/aromatic N) is 6. The van der Waals surface area contributed by atoms with Gasteiger partial charge >= 0.3 is 5.97 Å². The molecule has 34 heavy (non-hydrogen) atoms. The van der Waals surface area contributed by atoms with Gasteiger partial charge in [-0.05, 0) is 85.8 Å². The molecule has 0 saturated heterocycles. The number of hydrazone groups is 1. The minimum absolute atomic E-state index is 0.331. The second kappa shape index (κ2) is 9.90.